The van der Waals surface area contributed by atoms with Gasteiger partial charge in [0.15, 0.2) is 0 Å². The van der Waals surface area contributed by atoms with Crippen molar-refractivity contribution < 1.29 is 4.42 Å². The Bertz CT molecular complexity index is 1980. The van der Waals surface area contributed by atoms with E-state index in [4.69, 9.17) is 4.42 Å². The minimum Gasteiger partial charge on any atom is -0.456 e. The summed E-state index contributed by atoms with van der Waals surface area (Å²) >= 11 is 0. The van der Waals surface area contributed by atoms with E-state index in [0.29, 0.717) is 0 Å². The van der Waals surface area contributed by atoms with Crippen LogP contribution >= 0.6 is 0 Å². The number of benzene rings is 5. The average Bonchev–Trinajstić information content (AvgIpc) is 3.51. The predicted molar refractivity (Wildman–Crippen MR) is 146 cm³/mol. The predicted octanol–water partition coefficient (Wildman–Crippen LogP) is 9.19. The molecular weight excluding hydrogens is 426 g/mol. The lowest BCUT2D eigenvalue weighted by atomic mass is 9.82. The van der Waals surface area contributed by atoms with E-state index in [9.17, 15) is 0 Å². The van der Waals surface area contributed by atoms with Crippen molar-refractivity contribution in [3.8, 4) is 22.3 Å². The molecule has 1 aliphatic carbocycles. The fraction of sp³-hybridized carbons (Fsp3) is 0.0909. The van der Waals surface area contributed by atoms with Gasteiger partial charge < -0.3 is 9.40 Å². The van der Waals surface area contributed by atoms with E-state index in [1.807, 2.05) is 12.1 Å². The van der Waals surface area contributed by atoms with Crippen LogP contribution in [-0.4, -0.2) is 4.98 Å². The Labute approximate surface area is 202 Å². The van der Waals surface area contributed by atoms with E-state index in [0.717, 1.165) is 11.2 Å². The van der Waals surface area contributed by atoms with Crippen molar-refractivity contribution in [3.63, 3.8) is 0 Å². The van der Waals surface area contributed by atoms with Crippen molar-refractivity contribution in [3.05, 3.63) is 108 Å². The first-order valence-electron chi connectivity index (χ1n) is 12.2. The highest BCUT2D eigenvalue weighted by Gasteiger charge is 2.36. The third-order valence-corrected chi connectivity index (χ3v) is 8.01. The quantitative estimate of drug-likeness (QED) is 0.266. The lowest BCUT2D eigenvalue weighted by Gasteiger charge is -2.21. The summed E-state index contributed by atoms with van der Waals surface area (Å²) in [5.41, 5.74) is 12.1. The molecule has 0 unspecified atom stereocenters. The zero-order chi connectivity index (χ0) is 23.3. The number of hydrogen-bond donors (Lipinski definition) is 1. The molecule has 2 nitrogen and oxygen atoms in total. The van der Waals surface area contributed by atoms with Gasteiger partial charge in [-0.15, -0.1) is 0 Å². The number of rotatable bonds is 1. The second kappa shape index (κ2) is 6.43. The van der Waals surface area contributed by atoms with Crippen LogP contribution in [0.4, 0.5) is 0 Å². The molecule has 0 radical (unpaired) electrons. The normalized spacial score (nSPS) is 14.2. The van der Waals surface area contributed by atoms with Crippen LogP contribution in [0.15, 0.2) is 101 Å². The third-order valence-electron chi connectivity index (χ3n) is 8.01. The summed E-state index contributed by atoms with van der Waals surface area (Å²) in [6, 6.07) is 35.2. The van der Waals surface area contributed by atoms with Crippen molar-refractivity contribution in [2.75, 3.05) is 0 Å². The van der Waals surface area contributed by atoms with E-state index < -0.39 is 0 Å². The number of aromatic nitrogens is 1. The van der Waals surface area contributed by atoms with Gasteiger partial charge in [-0.25, -0.2) is 0 Å². The molecule has 166 valence electrons. The number of aromatic amines is 1. The van der Waals surface area contributed by atoms with Crippen LogP contribution in [0.1, 0.15) is 25.0 Å². The fourth-order valence-electron chi connectivity index (χ4n) is 6.18. The molecule has 2 heterocycles. The van der Waals surface area contributed by atoms with Crippen LogP contribution in [0, 0.1) is 0 Å². The molecule has 0 bridgehead atoms. The van der Waals surface area contributed by atoms with Crippen molar-refractivity contribution in [1.29, 1.82) is 0 Å². The smallest absolute Gasteiger partial charge is 0.135 e. The van der Waals surface area contributed by atoms with Gasteiger partial charge in [0.2, 0.25) is 0 Å². The van der Waals surface area contributed by atoms with Gasteiger partial charge in [0.1, 0.15) is 11.2 Å². The summed E-state index contributed by atoms with van der Waals surface area (Å²) < 4.78 is 6.06. The molecule has 0 amide bonds. The summed E-state index contributed by atoms with van der Waals surface area (Å²) in [6.07, 6.45) is 0. The minimum absolute atomic E-state index is 0.0423. The second-order valence-corrected chi connectivity index (χ2v) is 10.3. The summed E-state index contributed by atoms with van der Waals surface area (Å²) in [5.74, 6) is 0. The molecule has 0 atom stereocenters. The summed E-state index contributed by atoms with van der Waals surface area (Å²) in [7, 11) is 0. The van der Waals surface area contributed by atoms with Crippen LogP contribution in [0.3, 0.4) is 0 Å². The maximum atomic E-state index is 6.06. The highest BCUT2D eigenvalue weighted by atomic mass is 16.3. The molecule has 0 aliphatic heterocycles. The number of para-hydroxylation sites is 2. The van der Waals surface area contributed by atoms with E-state index in [2.05, 4.69) is 104 Å². The molecule has 1 N–H and O–H groups in total. The van der Waals surface area contributed by atoms with Crippen molar-refractivity contribution in [1.82, 2.24) is 4.98 Å². The fourth-order valence-corrected chi connectivity index (χ4v) is 6.18. The molecule has 2 aromatic heterocycles. The molecular formula is C33H23NO. The van der Waals surface area contributed by atoms with E-state index in [-0.39, 0.29) is 5.41 Å². The maximum absolute atomic E-state index is 6.06. The van der Waals surface area contributed by atoms with Gasteiger partial charge in [-0.1, -0.05) is 68.4 Å². The topological polar surface area (TPSA) is 28.9 Å². The zero-order valence-corrected chi connectivity index (χ0v) is 19.6. The average molecular weight is 450 g/mol. The highest BCUT2D eigenvalue weighted by Crippen LogP contribution is 2.51. The first-order valence-corrected chi connectivity index (χ1v) is 12.2. The van der Waals surface area contributed by atoms with Gasteiger partial charge in [0.25, 0.3) is 0 Å². The van der Waals surface area contributed by atoms with Crippen LogP contribution < -0.4 is 0 Å². The van der Waals surface area contributed by atoms with Gasteiger partial charge in [-0.2, -0.15) is 0 Å². The molecule has 0 spiro atoms. The van der Waals surface area contributed by atoms with Crippen molar-refractivity contribution in [2.24, 2.45) is 0 Å². The third kappa shape index (κ3) is 2.49. The first-order chi connectivity index (χ1) is 17.1. The van der Waals surface area contributed by atoms with Gasteiger partial charge >= 0.3 is 0 Å². The van der Waals surface area contributed by atoms with Crippen LogP contribution in [0.2, 0.25) is 0 Å². The molecule has 7 aromatic rings. The highest BCUT2D eigenvalue weighted by molar-refractivity contribution is 6.10. The van der Waals surface area contributed by atoms with Crippen molar-refractivity contribution >= 4 is 43.7 Å². The molecule has 0 saturated carbocycles. The largest absolute Gasteiger partial charge is 0.456 e. The molecule has 0 saturated heterocycles. The molecule has 5 aromatic carbocycles. The van der Waals surface area contributed by atoms with E-state index >= 15 is 0 Å². The summed E-state index contributed by atoms with van der Waals surface area (Å²) in [5, 5.41) is 4.91. The molecule has 2 heteroatoms. The number of fused-ring (bicyclic) bond motifs is 9. The van der Waals surface area contributed by atoms with E-state index in [1.54, 1.807) is 0 Å². The summed E-state index contributed by atoms with van der Waals surface area (Å²) in [4.78, 5) is 3.63. The number of hydrogen-bond acceptors (Lipinski definition) is 1. The first kappa shape index (κ1) is 19.1. The van der Waals surface area contributed by atoms with E-state index in [1.165, 1.54) is 66.0 Å². The van der Waals surface area contributed by atoms with Gasteiger partial charge in [0, 0.05) is 38.0 Å². The number of furan rings is 1. The van der Waals surface area contributed by atoms with Gasteiger partial charge in [-0.05, 0) is 75.8 Å². The van der Waals surface area contributed by atoms with Crippen LogP contribution in [0.5, 0.6) is 0 Å². The minimum atomic E-state index is -0.0423. The molecule has 35 heavy (non-hydrogen) atoms. The maximum Gasteiger partial charge on any atom is 0.135 e. The Morgan fingerprint density at radius 2 is 1.26 bits per heavy atom. The Hall–Kier alpha value is -4.30. The number of nitrogens with one attached hydrogen (secondary N) is 1. The molecule has 0 fully saturated rings. The molecule has 1 aliphatic rings. The Morgan fingerprint density at radius 1 is 0.543 bits per heavy atom. The van der Waals surface area contributed by atoms with Gasteiger partial charge in [-0.3, -0.25) is 0 Å². The standard InChI is InChI=1S/C33H23NO/c1-33(2)27-13-11-19(20-12-14-32-26(16-20)22-8-4-6-10-31(22)35-32)15-23(27)24-17-25-21-7-3-5-9-29(21)34-30(25)18-28(24)33/h3-18,34H,1-2H3. The Morgan fingerprint density at radius 3 is 2.17 bits per heavy atom. The molecule has 8 rings (SSSR count). The van der Waals surface area contributed by atoms with Crippen LogP contribution in [0.25, 0.3) is 66.0 Å². The number of H-pyrrole nitrogens is 1. The van der Waals surface area contributed by atoms with Gasteiger partial charge in [0.05, 0.1) is 0 Å². The zero-order valence-electron chi connectivity index (χ0n) is 19.6. The monoisotopic (exact) mass is 449 g/mol. The SMILES string of the molecule is CC1(C)c2ccc(-c3ccc4oc5ccccc5c4c3)cc2-c2cc3c(cc21)[nH]c1ccccc13. The lowest BCUT2D eigenvalue weighted by Crippen LogP contribution is -2.14. The van der Waals surface area contributed by atoms with Crippen LogP contribution in [-0.2, 0) is 5.41 Å². The summed E-state index contributed by atoms with van der Waals surface area (Å²) in [6.45, 7) is 4.69. The Balaban J connectivity index is 1.36. The van der Waals surface area contributed by atoms with Crippen molar-refractivity contribution in [2.45, 2.75) is 19.3 Å². The second-order valence-electron chi connectivity index (χ2n) is 10.3. The lowest BCUT2D eigenvalue weighted by molar-refractivity contribution is 0.661. The Kier molecular flexibility index (Phi) is 3.50.